The summed E-state index contributed by atoms with van der Waals surface area (Å²) in [5.41, 5.74) is 2.02. The van der Waals surface area contributed by atoms with Crippen molar-refractivity contribution in [2.75, 3.05) is 34.0 Å². The van der Waals surface area contributed by atoms with E-state index in [1.54, 1.807) is 7.11 Å². The first-order valence-electron chi connectivity index (χ1n) is 7.29. The third-order valence-corrected chi connectivity index (χ3v) is 3.83. The van der Waals surface area contributed by atoms with Crippen molar-refractivity contribution < 1.29 is 14.6 Å². The SMILES string of the molecule is COc1ccc(C#CCO)cc1CN(C)C1CCOCC1. The summed E-state index contributed by atoms with van der Waals surface area (Å²) in [5.74, 6) is 6.50. The molecule has 0 aromatic heterocycles. The fourth-order valence-corrected chi connectivity index (χ4v) is 2.65. The zero-order chi connectivity index (χ0) is 15.1. The van der Waals surface area contributed by atoms with Crippen molar-refractivity contribution in [3.63, 3.8) is 0 Å². The molecule has 4 nitrogen and oxygen atoms in total. The fourth-order valence-electron chi connectivity index (χ4n) is 2.65. The summed E-state index contributed by atoms with van der Waals surface area (Å²) in [7, 11) is 3.83. The van der Waals surface area contributed by atoms with Gasteiger partial charge in [0.25, 0.3) is 0 Å². The van der Waals surface area contributed by atoms with Gasteiger partial charge in [-0.2, -0.15) is 0 Å². The van der Waals surface area contributed by atoms with Crippen LogP contribution in [0.4, 0.5) is 0 Å². The largest absolute Gasteiger partial charge is 0.496 e. The highest BCUT2D eigenvalue weighted by Crippen LogP contribution is 2.23. The number of nitrogens with zero attached hydrogens (tertiary/aromatic N) is 1. The second-order valence-corrected chi connectivity index (χ2v) is 5.25. The molecule has 1 saturated heterocycles. The first-order valence-corrected chi connectivity index (χ1v) is 7.29. The van der Waals surface area contributed by atoms with Gasteiger partial charge in [-0.15, -0.1) is 0 Å². The molecule has 0 saturated carbocycles. The van der Waals surface area contributed by atoms with Crippen LogP contribution >= 0.6 is 0 Å². The Hall–Kier alpha value is -1.54. The van der Waals surface area contributed by atoms with E-state index in [1.165, 1.54) is 0 Å². The third-order valence-electron chi connectivity index (χ3n) is 3.83. The monoisotopic (exact) mass is 289 g/mol. The number of hydrogen-bond donors (Lipinski definition) is 1. The van der Waals surface area contributed by atoms with Gasteiger partial charge < -0.3 is 14.6 Å². The van der Waals surface area contributed by atoms with E-state index < -0.39 is 0 Å². The van der Waals surface area contributed by atoms with E-state index in [1.807, 2.05) is 18.2 Å². The van der Waals surface area contributed by atoms with Gasteiger partial charge in [0.05, 0.1) is 7.11 Å². The van der Waals surface area contributed by atoms with Crippen molar-refractivity contribution in [1.82, 2.24) is 4.90 Å². The van der Waals surface area contributed by atoms with Gasteiger partial charge in [-0.25, -0.2) is 0 Å². The normalized spacial score (nSPS) is 15.6. The molecular formula is C17H23NO3. The summed E-state index contributed by atoms with van der Waals surface area (Å²) < 4.78 is 10.9. The molecule has 4 heteroatoms. The maximum atomic E-state index is 8.79. The highest BCUT2D eigenvalue weighted by Gasteiger charge is 2.19. The van der Waals surface area contributed by atoms with Crippen molar-refractivity contribution in [3.05, 3.63) is 29.3 Å². The Morgan fingerprint density at radius 2 is 2.14 bits per heavy atom. The highest BCUT2D eigenvalue weighted by atomic mass is 16.5. The van der Waals surface area contributed by atoms with Gasteiger partial charge in [-0.1, -0.05) is 11.8 Å². The average Bonchev–Trinajstić information content (AvgIpc) is 2.54. The number of ether oxygens (including phenoxy) is 2. The molecule has 0 unspecified atom stereocenters. The molecule has 0 radical (unpaired) electrons. The Balaban J connectivity index is 2.12. The second-order valence-electron chi connectivity index (χ2n) is 5.25. The fraction of sp³-hybridized carbons (Fsp3) is 0.529. The van der Waals surface area contributed by atoms with Crippen LogP contribution < -0.4 is 4.74 Å². The molecule has 1 aliphatic heterocycles. The lowest BCUT2D eigenvalue weighted by Gasteiger charge is -2.31. The number of aliphatic hydroxyl groups excluding tert-OH is 1. The van der Waals surface area contributed by atoms with E-state index in [9.17, 15) is 0 Å². The van der Waals surface area contributed by atoms with Crippen molar-refractivity contribution in [3.8, 4) is 17.6 Å². The molecule has 0 amide bonds. The lowest BCUT2D eigenvalue weighted by molar-refractivity contribution is 0.0405. The quantitative estimate of drug-likeness (QED) is 0.856. The van der Waals surface area contributed by atoms with Gasteiger partial charge in [0, 0.05) is 36.9 Å². The molecule has 1 fully saturated rings. The van der Waals surface area contributed by atoms with Gasteiger partial charge in [0.2, 0.25) is 0 Å². The molecule has 2 rings (SSSR count). The molecule has 21 heavy (non-hydrogen) atoms. The van der Waals surface area contributed by atoms with E-state index in [0.29, 0.717) is 6.04 Å². The molecular weight excluding hydrogens is 266 g/mol. The van der Waals surface area contributed by atoms with Crippen molar-refractivity contribution in [1.29, 1.82) is 0 Å². The number of methoxy groups -OCH3 is 1. The molecule has 1 aromatic carbocycles. The van der Waals surface area contributed by atoms with E-state index in [2.05, 4.69) is 23.8 Å². The standard InChI is InChI=1S/C17H23NO3/c1-18(16-7-10-21-11-8-16)13-15-12-14(4-3-9-19)5-6-17(15)20-2/h5-6,12,16,19H,7-11,13H2,1-2H3. The van der Waals surface area contributed by atoms with Crippen LogP contribution in [0.5, 0.6) is 5.75 Å². The summed E-state index contributed by atoms with van der Waals surface area (Å²) in [6.45, 7) is 2.38. The third kappa shape index (κ3) is 4.47. The Morgan fingerprint density at radius 1 is 1.38 bits per heavy atom. The highest BCUT2D eigenvalue weighted by molar-refractivity contribution is 5.44. The molecule has 0 bridgehead atoms. The van der Waals surface area contributed by atoms with Crippen molar-refractivity contribution >= 4 is 0 Å². The summed E-state index contributed by atoms with van der Waals surface area (Å²) >= 11 is 0. The molecule has 1 aromatic rings. The van der Waals surface area contributed by atoms with E-state index in [0.717, 1.165) is 49.5 Å². The predicted molar refractivity (Wildman–Crippen MR) is 82.3 cm³/mol. The Labute approximate surface area is 126 Å². The van der Waals surface area contributed by atoms with Crippen LogP contribution in [-0.4, -0.2) is 50.0 Å². The number of benzene rings is 1. The van der Waals surface area contributed by atoms with Gasteiger partial charge in [-0.3, -0.25) is 4.90 Å². The first-order chi connectivity index (χ1) is 10.2. The maximum absolute atomic E-state index is 8.79. The molecule has 114 valence electrons. The molecule has 0 atom stereocenters. The molecule has 1 N–H and O–H groups in total. The maximum Gasteiger partial charge on any atom is 0.123 e. The lowest BCUT2D eigenvalue weighted by Crippen LogP contribution is -2.36. The molecule has 0 spiro atoms. The van der Waals surface area contributed by atoms with Gasteiger partial charge in [0.15, 0.2) is 0 Å². The summed E-state index contributed by atoms with van der Waals surface area (Å²) in [6, 6.07) is 6.45. The number of rotatable bonds is 4. The number of hydrogen-bond acceptors (Lipinski definition) is 4. The lowest BCUT2D eigenvalue weighted by atomic mass is 10.0. The van der Waals surface area contributed by atoms with Crippen LogP contribution in [0.2, 0.25) is 0 Å². The van der Waals surface area contributed by atoms with E-state index >= 15 is 0 Å². The van der Waals surface area contributed by atoms with E-state index in [4.69, 9.17) is 14.6 Å². The van der Waals surface area contributed by atoms with Crippen LogP contribution in [0.25, 0.3) is 0 Å². The van der Waals surface area contributed by atoms with Crippen molar-refractivity contribution in [2.24, 2.45) is 0 Å². The van der Waals surface area contributed by atoms with Crippen LogP contribution in [0.15, 0.2) is 18.2 Å². The van der Waals surface area contributed by atoms with Crippen LogP contribution in [0, 0.1) is 11.8 Å². The van der Waals surface area contributed by atoms with Crippen LogP contribution in [0.3, 0.4) is 0 Å². The van der Waals surface area contributed by atoms with Crippen LogP contribution in [-0.2, 0) is 11.3 Å². The van der Waals surface area contributed by atoms with Gasteiger partial charge >= 0.3 is 0 Å². The van der Waals surface area contributed by atoms with Gasteiger partial charge in [0.1, 0.15) is 12.4 Å². The second kappa shape index (κ2) is 8.04. The van der Waals surface area contributed by atoms with E-state index in [-0.39, 0.29) is 6.61 Å². The first kappa shape index (κ1) is 15.8. The topological polar surface area (TPSA) is 41.9 Å². The smallest absolute Gasteiger partial charge is 0.123 e. The Kier molecular flexibility index (Phi) is 6.06. The predicted octanol–water partition coefficient (Wildman–Crippen LogP) is 1.65. The Bertz CT molecular complexity index is 513. The minimum Gasteiger partial charge on any atom is -0.496 e. The molecule has 1 heterocycles. The molecule has 0 aliphatic carbocycles. The summed E-state index contributed by atoms with van der Waals surface area (Å²) in [4.78, 5) is 2.35. The van der Waals surface area contributed by atoms with Gasteiger partial charge in [-0.05, 0) is 38.1 Å². The van der Waals surface area contributed by atoms with Crippen LogP contribution in [0.1, 0.15) is 24.0 Å². The summed E-state index contributed by atoms with van der Waals surface area (Å²) in [5, 5.41) is 8.79. The average molecular weight is 289 g/mol. The zero-order valence-electron chi connectivity index (χ0n) is 12.8. The minimum atomic E-state index is -0.122. The minimum absolute atomic E-state index is 0.122. The van der Waals surface area contributed by atoms with Crippen molar-refractivity contribution in [2.45, 2.75) is 25.4 Å². The molecule has 1 aliphatic rings. The zero-order valence-corrected chi connectivity index (χ0v) is 12.8. The summed E-state index contributed by atoms with van der Waals surface area (Å²) in [6.07, 6.45) is 2.14. The Morgan fingerprint density at radius 3 is 2.81 bits per heavy atom. The number of aliphatic hydroxyl groups is 1.